The molecule has 0 atom stereocenters. The van der Waals surface area contributed by atoms with Crippen molar-refractivity contribution in [3.05, 3.63) is 119 Å². The molecule has 0 N–H and O–H groups in total. The number of hydrogen-bond donors (Lipinski definition) is 0. The van der Waals surface area contributed by atoms with Crippen molar-refractivity contribution in [2.75, 3.05) is 12.0 Å². The average molecular weight is 703 g/mol. The lowest BCUT2D eigenvalue weighted by molar-refractivity contribution is -0.113. The van der Waals surface area contributed by atoms with E-state index in [9.17, 15) is 4.79 Å². The molecule has 1 heterocycles. The topological polar surface area (TPSA) is 51.1 Å². The number of amides is 1. The first-order valence-electron chi connectivity index (χ1n) is 12.7. The van der Waals surface area contributed by atoms with E-state index in [2.05, 4.69) is 15.9 Å². The highest BCUT2D eigenvalue weighted by Crippen LogP contribution is 2.41. The van der Waals surface area contributed by atoms with Crippen molar-refractivity contribution < 1.29 is 14.3 Å². The Balaban J connectivity index is 1.50. The van der Waals surface area contributed by atoms with E-state index in [1.165, 1.54) is 11.8 Å². The van der Waals surface area contributed by atoms with Gasteiger partial charge in [-0.2, -0.15) is 0 Å². The molecule has 1 amide bonds. The molecule has 1 saturated heterocycles. The van der Waals surface area contributed by atoms with Gasteiger partial charge in [-0.1, -0.05) is 59.1 Å². The minimum atomic E-state index is -0.228. The summed E-state index contributed by atoms with van der Waals surface area (Å²) in [5.41, 5.74) is 4.77. The summed E-state index contributed by atoms with van der Waals surface area (Å²) in [5, 5.41) is 2.28. The zero-order chi connectivity index (χ0) is 30.0. The molecule has 1 aliphatic heterocycles. The summed E-state index contributed by atoms with van der Waals surface area (Å²) in [7, 11) is 1.57. The van der Waals surface area contributed by atoms with Crippen LogP contribution in [-0.4, -0.2) is 18.2 Å². The zero-order valence-corrected chi connectivity index (χ0v) is 27.4. The molecule has 1 aliphatic rings. The number of amidine groups is 1. The van der Waals surface area contributed by atoms with Crippen LogP contribution < -0.4 is 14.4 Å². The number of aryl methyl sites for hydroxylation is 2. The van der Waals surface area contributed by atoms with Gasteiger partial charge in [0.05, 0.1) is 27.9 Å². The number of thioether (sulfide) groups is 1. The number of nitrogens with zero attached hydrogens (tertiary/aromatic N) is 2. The van der Waals surface area contributed by atoms with E-state index in [0.29, 0.717) is 59.1 Å². The average Bonchev–Trinajstić information content (AvgIpc) is 3.25. The van der Waals surface area contributed by atoms with Crippen LogP contribution in [0.15, 0.2) is 87.2 Å². The second-order valence-electron chi connectivity index (χ2n) is 9.47. The molecular weight excluding hydrogens is 679 g/mol. The van der Waals surface area contributed by atoms with Crippen LogP contribution in [0.1, 0.15) is 22.3 Å². The van der Waals surface area contributed by atoms with Gasteiger partial charge in [-0.25, -0.2) is 4.99 Å². The van der Waals surface area contributed by atoms with Gasteiger partial charge < -0.3 is 9.47 Å². The van der Waals surface area contributed by atoms with Crippen LogP contribution in [0.25, 0.3) is 6.08 Å². The number of benzene rings is 4. The molecule has 4 aromatic carbocycles. The van der Waals surface area contributed by atoms with Crippen LogP contribution >= 0.6 is 62.5 Å². The molecule has 0 unspecified atom stereocenters. The van der Waals surface area contributed by atoms with Crippen LogP contribution in [-0.2, 0) is 11.4 Å². The standard InChI is InChI=1S/C32H24BrCl3N2O3S/c1-18-7-9-23(15-26(18)35)37-32-38(24-10-8-19(2)27(36)16-24)31(39)29(42-32)14-21-12-25(33)30(28(13-21)40-3)41-17-20-5-4-6-22(34)11-20/h4-16H,17H2,1-3H3/b29-14+,37-32?. The maximum absolute atomic E-state index is 13.8. The summed E-state index contributed by atoms with van der Waals surface area (Å²) in [5.74, 6) is 0.826. The van der Waals surface area contributed by atoms with Gasteiger partial charge in [-0.15, -0.1) is 0 Å². The number of aliphatic imine (C=N–C) groups is 1. The van der Waals surface area contributed by atoms with Crippen LogP contribution in [0.2, 0.25) is 15.1 Å². The van der Waals surface area contributed by atoms with Crippen molar-refractivity contribution >= 4 is 91.0 Å². The van der Waals surface area contributed by atoms with Gasteiger partial charge in [0.1, 0.15) is 6.61 Å². The minimum Gasteiger partial charge on any atom is -0.493 e. The van der Waals surface area contributed by atoms with Gasteiger partial charge in [-0.3, -0.25) is 9.69 Å². The highest BCUT2D eigenvalue weighted by molar-refractivity contribution is 9.10. The molecule has 214 valence electrons. The fourth-order valence-electron chi connectivity index (χ4n) is 4.16. The number of hydrogen-bond acceptors (Lipinski definition) is 5. The third-order valence-electron chi connectivity index (χ3n) is 6.42. The number of carbonyl (C=O) groups excluding carboxylic acids is 1. The van der Waals surface area contributed by atoms with Crippen LogP contribution in [0, 0.1) is 13.8 Å². The Kier molecular flexibility index (Phi) is 9.55. The Hall–Kier alpha value is -2.94. The maximum Gasteiger partial charge on any atom is 0.271 e. The van der Waals surface area contributed by atoms with Crippen LogP contribution in [0.5, 0.6) is 11.5 Å². The molecule has 0 saturated carbocycles. The van der Waals surface area contributed by atoms with Gasteiger partial charge in [0.25, 0.3) is 5.91 Å². The number of methoxy groups -OCH3 is 1. The number of anilines is 1. The maximum atomic E-state index is 13.8. The van der Waals surface area contributed by atoms with E-state index in [1.54, 1.807) is 30.2 Å². The minimum absolute atomic E-state index is 0.228. The van der Waals surface area contributed by atoms with Crippen molar-refractivity contribution in [1.29, 1.82) is 0 Å². The lowest BCUT2D eigenvalue weighted by atomic mass is 10.1. The molecule has 10 heteroatoms. The quantitative estimate of drug-likeness (QED) is 0.180. The molecule has 0 aromatic heterocycles. The molecule has 4 aromatic rings. The van der Waals surface area contributed by atoms with Crippen molar-refractivity contribution in [3.8, 4) is 11.5 Å². The van der Waals surface area contributed by atoms with E-state index in [0.717, 1.165) is 22.3 Å². The normalized spacial score (nSPS) is 15.1. The Morgan fingerprint density at radius 3 is 2.38 bits per heavy atom. The molecular formula is C32H24BrCl3N2O3S. The first-order valence-corrected chi connectivity index (χ1v) is 15.5. The molecule has 0 spiro atoms. The predicted octanol–water partition coefficient (Wildman–Crippen LogP) is 10.4. The van der Waals surface area contributed by atoms with Gasteiger partial charge >= 0.3 is 0 Å². The van der Waals surface area contributed by atoms with Crippen LogP contribution in [0.3, 0.4) is 0 Å². The Morgan fingerprint density at radius 1 is 0.952 bits per heavy atom. The van der Waals surface area contributed by atoms with Crippen LogP contribution in [0.4, 0.5) is 11.4 Å². The number of ether oxygens (including phenoxy) is 2. The molecule has 0 radical (unpaired) electrons. The number of carbonyl (C=O) groups is 1. The third kappa shape index (κ3) is 6.82. The molecule has 1 fully saturated rings. The third-order valence-corrected chi connectivity index (χ3v) is 9.03. The lowest BCUT2D eigenvalue weighted by Gasteiger charge is -2.17. The van der Waals surface area contributed by atoms with Crippen molar-refractivity contribution in [1.82, 2.24) is 0 Å². The molecule has 0 aliphatic carbocycles. The molecule has 0 bridgehead atoms. The first-order chi connectivity index (χ1) is 20.1. The summed E-state index contributed by atoms with van der Waals surface area (Å²) < 4.78 is 12.4. The summed E-state index contributed by atoms with van der Waals surface area (Å²) in [6.45, 7) is 4.14. The summed E-state index contributed by atoms with van der Waals surface area (Å²) >= 11 is 23.8. The van der Waals surface area contributed by atoms with Gasteiger partial charge in [0.2, 0.25) is 0 Å². The second-order valence-corrected chi connectivity index (χ2v) is 12.6. The van der Waals surface area contributed by atoms with Gasteiger partial charge in [0, 0.05) is 15.1 Å². The van der Waals surface area contributed by atoms with Gasteiger partial charge in [-0.05, 0) is 118 Å². The SMILES string of the molecule is COc1cc(/C=C2/SC(=Nc3ccc(C)c(Cl)c3)N(c3ccc(C)c(Cl)c3)C2=O)cc(Br)c1OCc1cccc(Cl)c1. The Morgan fingerprint density at radius 2 is 1.69 bits per heavy atom. The van der Waals surface area contributed by atoms with Gasteiger partial charge in [0.15, 0.2) is 16.7 Å². The zero-order valence-electron chi connectivity index (χ0n) is 22.8. The Bertz CT molecular complexity index is 1760. The largest absolute Gasteiger partial charge is 0.493 e. The molecule has 5 rings (SSSR count). The monoisotopic (exact) mass is 700 g/mol. The molecule has 5 nitrogen and oxygen atoms in total. The van der Waals surface area contributed by atoms with Crippen molar-refractivity contribution in [2.45, 2.75) is 20.5 Å². The number of halogens is 4. The predicted molar refractivity (Wildman–Crippen MR) is 179 cm³/mol. The smallest absolute Gasteiger partial charge is 0.271 e. The second kappa shape index (κ2) is 13.1. The van der Waals surface area contributed by atoms with E-state index in [4.69, 9.17) is 49.3 Å². The van der Waals surface area contributed by atoms with E-state index < -0.39 is 0 Å². The summed E-state index contributed by atoms with van der Waals surface area (Å²) in [6.07, 6.45) is 1.80. The van der Waals surface area contributed by atoms with E-state index in [-0.39, 0.29) is 5.91 Å². The fraction of sp³-hybridized carbons (Fsp3) is 0.125. The fourth-order valence-corrected chi connectivity index (χ4v) is 6.29. The lowest BCUT2D eigenvalue weighted by Crippen LogP contribution is -2.28. The van der Waals surface area contributed by atoms with E-state index in [1.807, 2.05) is 74.5 Å². The number of rotatable bonds is 7. The Labute approximate surface area is 272 Å². The van der Waals surface area contributed by atoms with E-state index >= 15 is 0 Å². The van der Waals surface area contributed by atoms with Crippen molar-refractivity contribution in [3.63, 3.8) is 0 Å². The first kappa shape index (κ1) is 30.5. The van der Waals surface area contributed by atoms with Crippen molar-refractivity contribution in [2.24, 2.45) is 4.99 Å². The summed E-state index contributed by atoms with van der Waals surface area (Å²) in [4.78, 5) is 20.7. The summed E-state index contributed by atoms with van der Waals surface area (Å²) in [6, 6.07) is 22.2. The molecule has 42 heavy (non-hydrogen) atoms. The highest BCUT2D eigenvalue weighted by atomic mass is 79.9. The highest BCUT2D eigenvalue weighted by Gasteiger charge is 2.35.